The second-order valence-corrected chi connectivity index (χ2v) is 10.2. The predicted molar refractivity (Wildman–Crippen MR) is 139 cm³/mol. The molecule has 0 saturated heterocycles. The van der Waals surface area contributed by atoms with Gasteiger partial charge in [-0.2, -0.15) is 0 Å². The van der Waals surface area contributed by atoms with Gasteiger partial charge in [-0.15, -0.1) is 24.0 Å². The third kappa shape index (κ3) is 9.47. The van der Waals surface area contributed by atoms with E-state index in [1.807, 2.05) is 24.3 Å². The van der Waals surface area contributed by atoms with Crippen molar-refractivity contribution >= 4 is 39.8 Å². The van der Waals surface area contributed by atoms with Crippen LogP contribution in [0, 0.1) is 0 Å². The van der Waals surface area contributed by atoms with Gasteiger partial charge in [0.05, 0.1) is 11.4 Å². The standard InChI is InChI=1S/C23H33N3O3S.HI/c1-23(2,3)19-8-10-20(11-9-19)29-17-16-26-22(24-4)25-15-14-18-6-12-21(13-7-18)30(5,27)28;/h6-13H,14-17H2,1-5H3,(H2,24,25,26);1H. The minimum Gasteiger partial charge on any atom is -0.492 e. The Balaban J connectivity index is 0.00000480. The summed E-state index contributed by atoms with van der Waals surface area (Å²) in [6.07, 6.45) is 1.98. The first kappa shape index (κ1) is 27.2. The van der Waals surface area contributed by atoms with Crippen molar-refractivity contribution in [1.29, 1.82) is 0 Å². The molecule has 0 bridgehead atoms. The van der Waals surface area contributed by atoms with Crippen LogP contribution in [0.5, 0.6) is 5.75 Å². The van der Waals surface area contributed by atoms with Crippen LogP contribution in [0.4, 0.5) is 0 Å². The predicted octanol–water partition coefficient (Wildman–Crippen LogP) is 3.79. The largest absolute Gasteiger partial charge is 0.492 e. The van der Waals surface area contributed by atoms with Crippen molar-refractivity contribution in [1.82, 2.24) is 10.6 Å². The van der Waals surface area contributed by atoms with Crippen molar-refractivity contribution in [2.45, 2.75) is 37.5 Å². The first-order valence-electron chi connectivity index (χ1n) is 10.1. The molecule has 2 aromatic rings. The Labute approximate surface area is 203 Å². The quantitative estimate of drug-likeness (QED) is 0.223. The first-order valence-corrected chi connectivity index (χ1v) is 12.0. The number of hydrogen-bond donors (Lipinski definition) is 2. The van der Waals surface area contributed by atoms with E-state index in [2.05, 4.69) is 48.5 Å². The summed E-state index contributed by atoms with van der Waals surface area (Å²) in [6.45, 7) is 8.42. The highest BCUT2D eigenvalue weighted by molar-refractivity contribution is 14.0. The number of nitrogens with zero attached hydrogens (tertiary/aromatic N) is 1. The highest BCUT2D eigenvalue weighted by Crippen LogP contribution is 2.24. The minimum atomic E-state index is -3.16. The van der Waals surface area contributed by atoms with Crippen LogP contribution in [0.2, 0.25) is 0 Å². The van der Waals surface area contributed by atoms with Crippen molar-refractivity contribution in [2.24, 2.45) is 4.99 Å². The van der Waals surface area contributed by atoms with Crippen LogP contribution in [-0.4, -0.2) is 47.4 Å². The fourth-order valence-corrected chi connectivity index (χ4v) is 3.47. The monoisotopic (exact) mass is 559 g/mol. The summed E-state index contributed by atoms with van der Waals surface area (Å²) in [6, 6.07) is 15.2. The summed E-state index contributed by atoms with van der Waals surface area (Å²) >= 11 is 0. The normalized spacial score (nSPS) is 12.1. The highest BCUT2D eigenvalue weighted by Gasteiger charge is 2.13. The Kier molecular flexibility index (Phi) is 10.8. The molecule has 0 radical (unpaired) electrons. The van der Waals surface area contributed by atoms with E-state index in [-0.39, 0.29) is 29.4 Å². The molecule has 2 aromatic carbocycles. The summed E-state index contributed by atoms with van der Waals surface area (Å²) in [5.41, 5.74) is 2.48. The van der Waals surface area contributed by atoms with Gasteiger partial charge in [-0.1, -0.05) is 45.0 Å². The molecule has 0 heterocycles. The van der Waals surface area contributed by atoms with E-state index < -0.39 is 9.84 Å². The Morgan fingerprint density at radius 1 is 0.968 bits per heavy atom. The number of guanidine groups is 1. The van der Waals surface area contributed by atoms with Gasteiger partial charge in [0.1, 0.15) is 12.4 Å². The van der Waals surface area contributed by atoms with Crippen molar-refractivity contribution in [3.63, 3.8) is 0 Å². The van der Waals surface area contributed by atoms with Crippen LogP contribution in [0.25, 0.3) is 0 Å². The molecule has 31 heavy (non-hydrogen) atoms. The molecule has 0 fully saturated rings. The molecule has 0 atom stereocenters. The zero-order valence-electron chi connectivity index (χ0n) is 18.9. The number of sulfone groups is 1. The van der Waals surface area contributed by atoms with Crippen LogP contribution in [0.1, 0.15) is 31.9 Å². The third-order valence-electron chi connectivity index (χ3n) is 4.66. The lowest BCUT2D eigenvalue weighted by Crippen LogP contribution is -2.40. The summed E-state index contributed by atoms with van der Waals surface area (Å²) in [5, 5.41) is 6.48. The summed E-state index contributed by atoms with van der Waals surface area (Å²) < 4.78 is 28.8. The van der Waals surface area contributed by atoms with E-state index in [9.17, 15) is 8.42 Å². The minimum absolute atomic E-state index is 0. The molecule has 0 spiro atoms. The van der Waals surface area contributed by atoms with Gasteiger partial charge in [-0.05, 0) is 47.2 Å². The SMILES string of the molecule is CN=C(NCCOc1ccc(C(C)(C)C)cc1)NCCc1ccc(S(C)(=O)=O)cc1.I. The number of aliphatic imine (C=N–C) groups is 1. The molecule has 0 aromatic heterocycles. The Morgan fingerprint density at radius 3 is 2.06 bits per heavy atom. The lowest BCUT2D eigenvalue weighted by atomic mass is 9.87. The van der Waals surface area contributed by atoms with E-state index in [4.69, 9.17) is 4.74 Å². The van der Waals surface area contributed by atoms with Gasteiger partial charge in [0.2, 0.25) is 0 Å². The maximum absolute atomic E-state index is 11.5. The summed E-state index contributed by atoms with van der Waals surface area (Å²) in [7, 11) is -1.43. The van der Waals surface area contributed by atoms with Gasteiger partial charge in [0, 0.05) is 19.8 Å². The fraction of sp³-hybridized carbons (Fsp3) is 0.435. The lowest BCUT2D eigenvalue weighted by molar-refractivity contribution is 0.321. The molecular formula is C23H34IN3O3S. The second kappa shape index (κ2) is 12.3. The van der Waals surface area contributed by atoms with Gasteiger partial charge in [-0.3, -0.25) is 4.99 Å². The van der Waals surface area contributed by atoms with Crippen LogP contribution >= 0.6 is 24.0 Å². The molecule has 172 valence electrons. The summed E-state index contributed by atoms with van der Waals surface area (Å²) in [4.78, 5) is 4.55. The average molecular weight is 560 g/mol. The van der Waals surface area contributed by atoms with E-state index in [1.165, 1.54) is 11.8 Å². The van der Waals surface area contributed by atoms with Crippen LogP contribution in [0.3, 0.4) is 0 Å². The van der Waals surface area contributed by atoms with Gasteiger partial charge in [0.15, 0.2) is 15.8 Å². The zero-order valence-corrected chi connectivity index (χ0v) is 22.1. The molecule has 2 rings (SSSR count). The Hall–Kier alpha value is -1.81. The molecule has 0 saturated carbocycles. The van der Waals surface area contributed by atoms with E-state index >= 15 is 0 Å². The van der Waals surface area contributed by atoms with Crippen molar-refractivity contribution in [2.75, 3.05) is 33.0 Å². The van der Waals surface area contributed by atoms with Crippen molar-refractivity contribution in [3.05, 3.63) is 59.7 Å². The summed E-state index contributed by atoms with van der Waals surface area (Å²) in [5.74, 6) is 1.56. The van der Waals surface area contributed by atoms with Crippen molar-refractivity contribution < 1.29 is 13.2 Å². The molecule has 0 unspecified atom stereocenters. The molecule has 0 aliphatic heterocycles. The lowest BCUT2D eigenvalue weighted by Gasteiger charge is -2.19. The molecule has 8 heteroatoms. The molecule has 0 aliphatic rings. The molecule has 0 amide bonds. The molecule has 2 N–H and O–H groups in total. The highest BCUT2D eigenvalue weighted by atomic mass is 127. The Morgan fingerprint density at radius 2 is 1.55 bits per heavy atom. The van der Waals surface area contributed by atoms with Gasteiger partial charge < -0.3 is 15.4 Å². The molecular weight excluding hydrogens is 525 g/mol. The van der Waals surface area contributed by atoms with Crippen LogP contribution < -0.4 is 15.4 Å². The number of nitrogens with one attached hydrogen (secondary N) is 2. The fourth-order valence-electron chi connectivity index (χ4n) is 2.84. The average Bonchev–Trinajstić information content (AvgIpc) is 2.69. The van der Waals surface area contributed by atoms with Gasteiger partial charge in [-0.25, -0.2) is 8.42 Å². The van der Waals surface area contributed by atoms with E-state index in [1.54, 1.807) is 19.2 Å². The second-order valence-electron chi connectivity index (χ2n) is 8.21. The third-order valence-corrected chi connectivity index (χ3v) is 5.79. The zero-order chi connectivity index (χ0) is 22.2. The number of ether oxygens (including phenoxy) is 1. The van der Waals surface area contributed by atoms with Gasteiger partial charge >= 0.3 is 0 Å². The molecule has 6 nitrogen and oxygen atoms in total. The molecule has 0 aliphatic carbocycles. The Bertz CT molecular complexity index is 936. The number of hydrogen-bond acceptors (Lipinski definition) is 4. The number of rotatable bonds is 8. The van der Waals surface area contributed by atoms with Crippen molar-refractivity contribution in [3.8, 4) is 5.75 Å². The first-order chi connectivity index (χ1) is 14.1. The topological polar surface area (TPSA) is 79.8 Å². The number of benzene rings is 2. The van der Waals surface area contributed by atoms with Crippen LogP contribution in [0.15, 0.2) is 58.4 Å². The van der Waals surface area contributed by atoms with Crippen LogP contribution in [-0.2, 0) is 21.7 Å². The maximum atomic E-state index is 11.5. The van der Waals surface area contributed by atoms with E-state index in [0.717, 1.165) is 17.7 Å². The van der Waals surface area contributed by atoms with E-state index in [0.29, 0.717) is 30.6 Å². The number of halogens is 1. The van der Waals surface area contributed by atoms with Gasteiger partial charge in [0.25, 0.3) is 0 Å². The maximum Gasteiger partial charge on any atom is 0.191 e. The smallest absolute Gasteiger partial charge is 0.191 e.